The van der Waals surface area contributed by atoms with E-state index in [2.05, 4.69) is 4.90 Å². The van der Waals surface area contributed by atoms with Gasteiger partial charge in [0.2, 0.25) is 0 Å². The molecule has 0 radical (unpaired) electrons. The van der Waals surface area contributed by atoms with Crippen LogP contribution in [0, 0.1) is 12.7 Å². The monoisotopic (exact) mass is 279 g/mol. The second-order valence-electron chi connectivity index (χ2n) is 6.25. The molecule has 3 nitrogen and oxygen atoms in total. The summed E-state index contributed by atoms with van der Waals surface area (Å²) in [5.74, 6) is -0.269. The first-order valence-corrected chi connectivity index (χ1v) is 7.42. The maximum Gasteiger partial charge on any atom is 0.126 e. The molecule has 2 N–H and O–H groups in total. The minimum Gasteiger partial charge on any atom is -0.393 e. The van der Waals surface area contributed by atoms with Crippen LogP contribution in [-0.4, -0.2) is 28.4 Å². The highest BCUT2D eigenvalue weighted by molar-refractivity contribution is 5.59. The number of aryl methyl sites for hydroxylation is 1. The fraction of sp³-hybridized carbons (Fsp3) is 0.625. The number of piperidine rings is 1. The number of rotatable bonds is 2. The molecule has 0 amide bonds. The van der Waals surface area contributed by atoms with Gasteiger partial charge in [-0.1, -0.05) is 0 Å². The molecule has 3 rings (SSSR count). The number of hydrogen-bond donors (Lipinski definition) is 2. The van der Waals surface area contributed by atoms with Crippen LogP contribution in [0.5, 0.6) is 0 Å². The molecule has 110 valence electrons. The van der Waals surface area contributed by atoms with E-state index >= 15 is 0 Å². The zero-order valence-electron chi connectivity index (χ0n) is 12.0. The summed E-state index contributed by atoms with van der Waals surface area (Å²) >= 11 is 0. The number of aliphatic hydroxyl groups excluding tert-OH is 2. The first kappa shape index (κ1) is 13.8. The quantitative estimate of drug-likeness (QED) is 0.874. The molecule has 3 atom stereocenters. The predicted octanol–water partition coefficient (Wildman–Crippen LogP) is 2.68. The van der Waals surface area contributed by atoms with Gasteiger partial charge in [-0.15, -0.1) is 0 Å². The van der Waals surface area contributed by atoms with Crippen molar-refractivity contribution in [2.75, 3.05) is 4.90 Å². The largest absolute Gasteiger partial charge is 0.393 e. The van der Waals surface area contributed by atoms with E-state index < -0.39 is 6.10 Å². The molecular formula is C16H22FNO2. The minimum atomic E-state index is -0.689. The van der Waals surface area contributed by atoms with Crippen molar-refractivity contribution in [2.45, 2.75) is 63.8 Å². The molecule has 1 aromatic rings. The normalized spacial score (nSPS) is 30.6. The summed E-state index contributed by atoms with van der Waals surface area (Å²) in [4.78, 5) is 2.31. The second-order valence-corrected chi connectivity index (χ2v) is 6.25. The van der Waals surface area contributed by atoms with Gasteiger partial charge in [0, 0.05) is 23.3 Å². The van der Waals surface area contributed by atoms with Crippen molar-refractivity contribution in [2.24, 2.45) is 0 Å². The third-order valence-corrected chi connectivity index (χ3v) is 4.74. The number of hydrogen-bond acceptors (Lipinski definition) is 3. The van der Waals surface area contributed by atoms with Crippen LogP contribution in [-0.2, 0) is 0 Å². The van der Waals surface area contributed by atoms with Gasteiger partial charge in [-0.3, -0.25) is 0 Å². The lowest BCUT2D eigenvalue weighted by Crippen LogP contribution is -2.45. The smallest absolute Gasteiger partial charge is 0.126 e. The molecule has 0 aliphatic carbocycles. The van der Waals surface area contributed by atoms with E-state index in [1.165, 1.54) is 6.07 Å². The Kier molecular flexibility index (Phi) is 3.46. The van der Waals surface area contributed by atoms with Crippen LogP contribution in [0.3, 0.4) is 0 Å². The molecule has 2 fully saturated rings. The van der Waals surface area contributed by atoms with Gasteiger partial charge in [0.05, 0.1) is 12.2 Å². The Morgan fingerprint density at radius 3 is 2.40 bits per heavy atom. The van der Waals surface area contributed by atoms with Crippen LogP contribution in [0.2, 0.25) is 0 Å². The van der Waals surface area contributed by atoms with E-state index in [1.807, 2.05) is 6.07 Å². The number of nitrogens with zero attached hydrogens (tertiary/aromatic N) is 1. The summed E-state index contributed by atoms with van der Waals surface area (Å²) in [7, 11) is 0. The Morgan fingerprint density at radius 2 is 1.85 bits per heavy atom. The number of benzene rings is 1. The van der Waals surface area contributed by atoms with Crippen molar-refractivity contribution in [3.8, 4) is 0 Å². The average Bonchev–Trinajstić information content (AvgIpc) is 2.64. The Hall–Kier alpha value is -1.13. The summed E-state index contributed by atoms with van der Waals surface area (Å²) < 4.78 is 13.8. The van der Waals surface area contributed by atoms with Gasteiger partial charge >= 0.3 is 0 Å². The van der Waals surface area contributed by atoms with Gasteiger partial charge in [0.25, 0.3) is 0 Å². The van der Waals surface area contributed by atoms with Crippen LogP contribution >= 0.6 is 0 Å². The third kappa shape index (κ3) is 2.21. The highest BCUT2D eigenvalue weighted by atomic mass is 19.1. The van der Waals surface area contributed by atoms with Gasteiger partial charge in [-0.25, -0.2) is 4.39 Å². The molecule has 4 heteroatoms. The van der Waals surface area contributed by atoms with Crippen LogP contribution in [0.1, 0.15) is 49.8 Å². The first-order chi connectivity index (χ1) is 9.47. The molecule has 2 saturated heterocycles. The van der Waals surface area contributed by atoms with Gasteiger partial charge in [0.15, 0.2) is 0 Å². The zero-order valence-corrected chi connectivity index (χ0v) is 12.0. The molecule has 0 saturated carbocycles. The van der Waals surface area contributed by atoms with Crippen molar-refractivity contribution in [3.05, 3.63) is 29.1 Å². The SMILES string of the molecule is Cc1cc(N2C3CCC2CC(O)C3)c([C@H](C)O)cc1F. The van der Waals surface area contributed by atoms with Crippen LogP contribution in [0.4, 0.5) is 10.1 Å². The molecule has 0 spiro atoms. The highest BCUT2D eigenvalue weighted by Gasteiger charge is 2.41. The molecule has 1 aromatic carbocycles. The van der Waals surface area contributed by atoms with E-state index in [-0.39, 0.29) is 11.9 Å². The maximum atomic E-state index is 13.8. The Morgan fingerprint density at radius 1 is 1.25 bits per heavy atom. The van der Waals surface area contributed by atoms with Crippen molar-refractivity contribution in [1.82, 2.24) is 0 Å². The molecule has 2 aliphatic heterocycles. The maximum absolute atomic E-state index is 13.8. The number of fused-ring (bicyclic) bond motifs is 2. The number of aliphatic hydroxyl groups is 2. The third-order valence-electron chi connectivity index (χ3n) is 4.74. The second kappa shape index (κ2) is 5.01. The van der Waals surface area contributed by atoms with Gasteiger partial charge in [-0.2, -0.15) is 0 Å². The van der Waals surface area contributed by atoms with E-state index in [0.29, 0.717) is 23.2 Å². The van der Waals surface area contributed by atoms with E-state index in [1.54, 1.807) is 13.8 Å². The Labute approximate surface area is 119 Å². The molecule has 2 heterocycles. The topological polar surface area (TPSA) is 43.7 Å². The van der Waals surface area contributed by atoms with Crippen molar-refractivity contribution in [3.63, 3.8) is 0 Å². The molecule has 20 heavy (non-hydrogen) atoms. The Balaban J connectivity index is 2.04. The summed E-state index contributed by atoms with van der Waals surface area (Å²) in [6, 6.07) is 3.93. The standard InChI is InChI=1S/C16H22FNO2/c1-9-5-16(14(10(2)19)8-15(9)17)18-11-3-4-12(18)7-13(20)6-11/h5,8,10-13,19-20H,3-4,6-7H2,1-2H3/t10-,11?,12?,13?/m0/s1. The average molecular weight is 279 g/mol. The zero-order chi connectivity index (χ0) is 14.4. The molecular weight excluding hydrogens is 257 g/mol. The van der Waals surface area contributed by atoms with Crippen LogP contribution < -0.4 is 4.90 Å². The lowest BCUT2D eigenvalue weighted by atomic mass is 9.96. The molecule has 2 bridgehead atoms. The van der Waals surface area contributed by atoms with E-state index in [0.717, 1.165) is 31.4 Å². The fourth-order valence-corrected chi connectivity index (χ4v) is 3.78. The summed E-state index contributed by atoms with van der Waals surface area (Å²) in [5, 5.41) is 19.8. The summed E-state index contributed by atoms with van der Waals surface area (Å²) in [5.41, 5.74) is 2.20. The van der Waals surface area contributed by atoms with E-state index in [4.69, 9.17) is 0 Å². The van der Waals surface area contributed by atoms with E-state index in [9.17, 15) is 14.6 Å². The van der Waals surface area contributed by atoms with Gasteiger partial charge in [0.1, 0.15) is 5.82 Å². The number of anilines is 1. The fourth-order valence-electron chi connectivity index (χ4n) is 3.78. The first-order valence-electron chi connectivity index (χ1n) is 7.42. The summed E-state index contributed by atoms with van der Waals surface area (Å²) in [6.45, 7) is 3.43. The van der Waals surface area contributed by atoms with Crippen LogP contribution in [0.25, 0.3) is 0 Å². The number of halogens is 1. The lowest BCUT2D eigenvalue weighted by molar-refractivity contribution is 0.126. The lowest BCUT2D eigenvalue weighted by Gasteiger charge is -2.40. The molecule has 2 aliphatic rings. The highest BCUT2D eigenvalue weighted by Crippen LogP contribution is 2.42. The van der Waals surface area contributed by atoms with Crippen molar-refractivity contribution in [1.29, 1.82) is 0 Å². The van der Waals surface area contributed by atoms with Crippen LogP contribution in [0.15, 0.2) is 12.1 Å². The Bertz CT molecular complexity index is 503. The van der Waals surface area contributed by atoms with Gasteiger partial charge in [-0.05, 0) is 57.2 Å². The van der Waals surface area contributed by atoms with Gasteiger partial charge < -0.3 is 15.1 Å². The van der Waals surface area contributed by atoms with Crippen molar-refractivity contribution < 1.29 is 14.6 Å². The minimum absolute atomic E-state index is 0.222. The molecule has 2 unspecified atom stereocenters. The predicted molar refractivity (Wildman–Crippen MR) is 76.3 cm³/mol. The molecule has 0 aromatic heterocycles. The van der Waals surface area contributed by atoms with Crippen molar-refractivity contribution >= 4 is 5.69 Å². The summed E-state index contributed by atoms with van der Waals surface area (Å²) in [6.07, 6.45) is 2.76.